The van der Waals surface area contributed by atoms with E-state index in [1.54, 1.807) is 0 Å². The summed E-state index contributed by atoms with van der Waals surface area (Å²) in [7, 11) is 0. The van der Waals surface area contributed by atoms with E-state index in [0.29, 0.717) is 19.7 Å². The number of nitrogens with zero attached hydrogens (tertiary/aromatic N) is 1. The van der Waals surface area contributed by atoms with Crippen LogP contribution < -0.4 is 4.74 Å². The molecule has 1 aliphatic heterocycles. The minimum atomic E-state index is -0.544. The standard InChI is InChI=1S/C17H23NO2/c1-5-7-18(8-6-2)15-11-20-16-10-13(4)12(3)9-14(16)17(15)19/h5-6,9-10,15,17,19H,1-2,7-8,11H2,3-4H3. The molecule has 108 valence electrons. The minimum absolute atomic E-state index is 0.0689. The van der Waals surface area contributed by atoms with E-state index in [1.807, 2.05) is 24.3 Å². The number of benzene rings is 1. The summed E-state index contributed by atoms with van der Waals surface area (Å²) in [6.45, 7) is 13.6. The fourth-order valence-electron chi connectivity index (χ4n) is 2.62. The van der Waals surface area contributed by atoms with Crippen molar-refractivity contribution in [2.75, 3.05) is 19.7 Å². The Balaban J connectivity index is 2.29. The SMILES string of the molecule is C=CCN(CC=C)C1COc2cc(C)c(C)cc2C1O. The zero-order valence-corrected chi connectivity index (χ0v) is 12.3. The monoisotopic (exact) mass is 273 g/mol. The molecule has 1 heterocycles. The van der Waals surface area contributed by atoms with E-state index in [-0.39, 0.29) is 6.04 Å². The largest absolute Gasteiger partial charge is 0.491 e. The molecule has 0 saturated carbocycles. The number of rotatable bonds is 5. The molecule has 0 aromatic heterocycles. The molecule has 1 aromatic rings. The second-order valence-corrected chi connectivity index (χ2v) is 5.33. The van der Waals surface area contributed by atoms with Gasteiger partial charge in [-0.1, -0.05) is 12.2 Å². The van der Waals surface area contributed by atoms with E-state index in [9.17, 15) is 5.11 Å². The predicted octanol–water partition coefficient (Wildman–Crippen LogP) is 2.77. The predicted molar refractivity (Wildman–Crippen MR) is 82.1 cm³/mol. The van der Waals surface area contributed by atoms with Crippen molar-refractivity contribution in [3.63, 3.8) is 0 Å². The number of aliphatic hydroxyl groups excluding tert-OH is 1. The number of ether oxygens (including phenoxy) is 1. The first-order valence-corrected chi connectivity index (χ1v) is 6.96. The Morgan fingerprint density at radius 2 is 1.85 bits per heavy atom. The Labute approximate surface area is 121 Å². The fraction of sp³-hybridized carbons (Fsp3) is 0.412. The topological polar surface area (TPSA) is 32.7 Å². The van der Waals surface area contributed by atoms with Crippen LogP contribution >= 0.6 is 0 Å². The number of hydrogen-bond donors (Lipinski definition) is 1. The van der Waals surface area contributed by atoms with Gasteiger partial charge in [-0.3, -0.25) is 4.90 Å². The third-order valence-corrected chi connectivity index (χ3v) is 3.92. The van der Waals surface area contributed by atoms with Gasteiger partial charge in [0.1, 0.15) is 18.5 Å². The molecule has 3 heteroatoms. The van der Waals surface area contributed by atoms with Crippen LogP contribution in [-0.2, 0) is 0 Å². The van der Waals surface area contributed by atoms with Crippen LogP contribution in [0.15, 0.2) is 37.4 Å². The Kier molecular flexibility index (Phi) is 4.63. The van der Waals surface area contributed by atoms with Crippen LogP contribution in [0.25, 0.3) is 0 Å². The number of fused-ring (bicyclic) bond motifs is 1. The molecule has 0 saturated heterocycles. The maximum Gasteiger partial charge on any atom is 0.125 e. The highest BCUT2D eigenvalue weighted by Gasteiger charge is 2.33. The summed E-state index contributed by atoms with van der Waals surface area (Å²) in [5.74, 6) is 0.800. The Morgan fingerprint density at radius 1 is 1.25 bits per heavy atom. The van der Waals surface area contributed by atoms with Gasteiger partial charge in [0.15, 0.2) is 0 Å². The summed E-state index contributed by atoms with van der Waals surface area (Å²) in [5, 5.41) is 10.7. The highest BCUT2D eigenvalue weighted by Crippen LogP contribution is 2.36. The van der Waals surface area contributed by atoms with Crippen LogP contribution in [0.3, 0.4) is 0 Å². The van der Waals surface area contributed by atoms with Gasteiger partial charge >= 0.3 is 0 Å². The van der Waals surface area contributed by atoms with Crippen molar-refractivity contribution < 1.29 is 9.84 Å². The Hall–Kier alpha value is -1.58. The minimum Gasteiger partial charge on any atom is -0.491 e. The van der Waals surface area contributed by atoms with Crippen LogP contribution in [0.1, 0.15) is 22.8 Å². The number of aliphatic hydroxyl groups is 1. The smallest absolute Gasteiger partial charge is 0.125 e. The van der Waals surface area contributed by atoms with Crippen LogP contribution in [-0.4, -0.2) is 35.7 Å². The van der Waals surface area contributed by atoms with E-state index in [0.717, 1.165) is 11.3 Å². The van der Waals surface area contributed by atoms with Gasteiger partial charge in [-0.15, -0.1) is 13.2 Å². The molecule has 0 radical (unpaired) electrons. The Morgan fingerprint density at radius 3 is 2.45 bits per heavy atom. The molecule has 0 aliphatic carbocycles. The molecule has 2 atom stereocenters. The zero-order valence-electron chi connectivity index (χ0n) is 12.3. The number of hydrogen-bond acceptors (Lipinski definition) is 3. The lowest BCUT2D eigenvalue weighted by Gasteiger charge is -2.37. The van der Waals surface area contributed by atoms with Gasteiger partial charge in [0.25, 0.3) is 0 Å². The second kappa shape index (κ2) is 6.25. The molecule has 1 aliphatic rings. The molecule has 20 heavy (non-hydrogen) atoms. The summed E-state index contributed by atoms with van der Waals surface area (Å²) in [5.41, 5.74) is 3.23. The van der Waals surface area contributed by atoms with Crippen molar-refractivity contribution in [1.29, 1.82) is 0 Å². The normalized spacial score (nSPS) is 21.2. The molecular formula is C17H23NO2. The average Bonchev–Trinajstić information content (AvgIpc) is 2.41. The molecule has 1 aromatic carbocycles. The Bertz CT molecular complexity index is 500. The summed E-state index contributed by atoms with van der Waals surface area (Å²) >= 11 is 0. The van der Waals surface area contributed by atoms with Gasteiger partial charge in [0, 0.05) is 18.7 Å². The van der Waals surface area contributed by atoms with Crippen molar-refractivity contribution in [3.05, 3.63) is 54.1 Å². The summed E-state index contributed by atoms with van der Waals surface area (Å²) in [4.78, 5) is 2.13. The van der Waals surface area contributed by atoms with E-state index in [2.05, 4.69) is 31.9 Å². The van der Waals surface area contributed by atoms with Gasteiger partial charge in [-0.05, 0) is 37.1 Å². The van der Waals surface area contributed by atoms with Gasteiger partial charge in [0.2, 0.25) is 0 Å². The highest BCUT2D eigenvalue weighted by molar-refractivity contribution is 5.44. The van der Waals surface area contributed by atoms with Crippen molar-refractivity contribution in [2.45, 2.75) is 26.0 Å². The molecule has 1 N–H and O–H groups in total. The van der Waals surface area contributed by atoms with Crippen LogP contribution in [0.2, 0.25) is 0 Å². The van der Waals surface area contributed by atoms with Crippen LogP contribution in [0.4, 0.5) is 0 Å². The van der Waals surface area contributed by atoms with E-state index < -0.39 is 6.10 Å². The van der Waals surface area contributed by atoms with E-state index in [1.165, 1.54) is 11.1 Å². The van der Waals surface area contributed by atoms with Gasteiger partial charge < -0.3 is 9.84 Å². The van der Waals surface area contributed by atoms with Crippen molar-refractivity contribution in [3.8, 4) is 5.75 Å². The lowest BCUT2D eigenvalue weighted by molar-refractivity contribution is 0.0134. The van der Waals surface area contributed by atoms with Gasteiger partial charge in [-0.25, -0.2) is 0 Å². The molecule has 0 amide bonds. The molecule has 2 unspecified atom stereocenters. The van der Waals surface area contributed by atoms with E-state index >= 15 is 0 Å². The maximum atomic E-state index is 10.7. The summed E-state index contributed by atoms with van der Waals surface area (Å²) < 4.78 is 5.85. The van der Waals surface area contributed by atoms with Crippen LogP contribution in [0.5, 0.6) is 5.75 Å². The molecular weight excluding hydrogens is 250 g/mol. The third kappa shape index (κ3) is 2.79. The maximum absolute atomic E-state index is 10.7. The quantitative estimate of drug-likeness (QED) is 0.837. The lowest BCUT2D eigenvalue weighted by Crippen LogP contribution is -2.46. The van der Waals surface area contributed by atoms with Crippen molar-refractivity contribution >= 4 is 0 Å². The molecule has 0 fully saturated rings. The van der Waals surface area contributed by atoms with Gasteiger partial charge in [0.05, 0.1) is 6.04 Å². The molecule has 0 bridgehead atoms. The molecule has 0 spiro atoms. The van der Waals surface area contributed by atoms with Gasteiger partial charge in [-0.2, -0.15) is 0 Å². The summed E-state index contributed by atoms with van der Waals surface area (Å²) in [6.07, 6.45) is 3.14. The average molecular weight is 273 g/mol. The number of aryl methyl sites for hydroxylation is 2. The molecule has 3 nitrogen and oxygen atoms in total. The second-order valence-electron chi connectivity index (χ2n) is 5.33. The van der Waals surface area contributed by atoms with Crippen molar-refractivity contribution in [1.82, 2.24) is 4.90 Å². The lowest BCUT2D eigenvalue weighted by atomic mass is 9.94. The van der Waals surface area contributed by atoms with Crippen molar-refractivity contribution in [2.24, 2.45) is 0 Å². The fourth-order valence-corrected chi connectivity index (χ4v) is 2.62. The highest BCUT2D eigenvalue weighted by atomic mass is 16.5. The first kappa shape index (κ1) is 14.8. The van der Waals surface area contributed by atoms with Crippen LogP contribution in [0, 0.1) is 13.8 Å². The molecule has 2 rings (SSSR count). The first-order chi connectivity index (χ1) is 9.58. The van der Waals surface area contributed by atoms with E-state index in [4.69, 9.17) is 4.74 Å². The first-order valence-electron chi connectivity index (χ1n) is 6.96. The third-order valence-electron chi connectivity index (χ3n) is 3.92. The summed E-state index contributed by atoms with van der Waals surface area (Å²) in [6, 6.07) is 3.97. The zero-order chi connectivity index (χ0) is 14.7.